The molecule has 112 valence electrons. The van der Waals surface area contributed by atoms with Gasteiger partial charge in [0.1, 0.15) is 0 Å². The molecule has 0 unspecified atom stereocenters. The molecule has 1 aromatic carbocycles. The monoisotopic (exact) mass is 295 g/mol. The van der Waals surface area contributed by atoms with Gasteiger partial charge < -0.3 is 14.2 Å². The van der Waals surface area contributed by atoms with Gasteiger partial charge in [0, 0.05) is 13.0 Å². The van der Waals surface area contributed by atoms with Crippen LogP contribution in [0.25, 0.3) is 6.08 Å². The molecule has 0 saturated heterocycles. The molecule has 0 aliphatic heterocycles. The molecule has 0 atom stereocenters. The fraction of sp³-hybridized carbons (Fsp3) is 0.231. The number of esters is 2. The summed E-state index contributed by atoms with van der Waals surface area (Å²) in [6.07, 6.45) is 1.03. The molecule has 0 aliphatic rings. The predicted molar refractivity (Wildman–Crippen MR) is 71.3 cm³/mol. The Morgan fingerprint density at radius 2 is 1.90 bits per heavy atom. The van der Waals surface area contributed by atoms with Gasteiger partial charge in [0.25, 0.3) is 0 Å². The van der Waals surface area contributed by atoms with Gasteiger partial charge in [-0.2, -0.15) is 0 Å². The molecule has 0 aromatic heterocycles. The average Bonchev–Trinajstić information content (AvgIpc) is 2.44. The number of hydrogen-bond acceptors (Lipinski definition) is 7. The quantitative estimate of drug-likeness (QED) is 0.266. The molecule has 0 radical (unpaired) electrons. The van der Waals surface area contributed by atoms with E-state index in [4.69, 9.17) is 9.47 Å². The maximum absolute atomic E-state index is 11.3. The van der Waals surface area contributed by atoms with Gasteiger partial charge in [-0.1, -0.05) is 6.07 Å². The molecule has 0 amide bonds. The summed E-state index contributed by atoms with van der Waals surface area (Å²) in [4.78, 5) is 32.2. The van der Waals surface area contributed by atoms with Crippen LogP contribution >= 0.6 is 0 Å². The molecule has 0 spiro atoms. The third kappa shape index (κ3) is 4.30. The lowest BCUT2D eigenvalue weighted by molar-refractivity contribution is -0.419. The highest BCUT2D eigenvalue weighted by molar-refractivity contribution is 5.91. The Bertz CT molecular complexity index is 607. The molecule has 0 N–H and O–H groups in total. The second-order valence-corrected chi connectivity index (χ2v) is 3.78. The van der Waals surface area contributed by atoms with Crippen LogP contribution < -0.4 is 9.47 Å². The first-order valence-corrected chi connectivity index (χ1v) is 5.70. The van der Waals surface area contributed by atoms with Crippen molar-refractivity contribution in [3.63, 3.8) is 0 Å². The fourth-order valence-corrected chi connectivity index (χ4v) is 1.46. The number of carbonyl (C=O) groups is 2. The van der Waals surface area contributed by atoms with E-state index in [1.54, 1.807) is 0 Å². The topological polar surface area (TPSA) is 105 Å². The summed E-state index contributed by atoms with van der Waals surface area (Å²) in [6, 6.07) is 4.23. The molecule has 21 heavy (non-hydrogen) atoms. The van der Waals surface area contributed by atoms with E-state index in [1.807, 2.05) is 0 Å². The lowest BCUT2D eigenvalue weighted by atomic mass is 10.1. The molecule has 8 heteroatoms. The number of nitrogens with zero attached hydrogens (tertiary/aromatic N) is 1. The molecule has 1 aromatic rings. The van der Waals surface area contributed by atoms with Crippen molar-refractivity contribution in [2.75, 3.05) is 14.2 Å². The molecular weight excluding hydrogens is 282 g/mol. The first-order chi connectivity index (χ1) is 9.88. The zero-order valence-corrected chi connectivity index (χ0v) is 11.6. The number of nitro groups is 1. The van der Waals surface area contributed by atoms with E-state index in [-0.39, 0.29) is 11.5 Å². The lowest BCUT2D eigenvalue weighted by Gasteiger charge is -2.08. The third-order valence-corrected chi connectivity index (χ3v) is 2.34. The zero-order chi connectivity index (χ0) is 16.0. The Balaban J connectivity index is 3.22. The number of carbonyl (C=O) groups excluding carboxylic acids is 2. The van der Waals surface area contributed by atoms with Crippen LogP contribution in [0.3, 0.4) is 0 Å². The van der Waals surface area contributed by atoms with Gasteiger partial charge in [0.05, 0.1) is 19.1 Å². The van der Waals surface area contributed by atoms with E-state index < -0.39 is 22.6 Å². The van der Waals surface area contributed by atoms with E-state index in [1.165, 1.54) is 32.2 Å². The number of methoxy groups -OCH3 is 2. The fourth-order valence-electron chi connectivity index (χ4n) is 1.46. The Kier molecular flexibility index (Phi) is 5.41. The van der Waals surface area contributed by atoms with Crippen LogP contribution in [0.1, 0.15) is 12.5 Å². The summed E-state index contributed by atoms with van der Waals surface area (Å²) < 4.78 is 14.3. The molecular formula is C13H13NO7. The van der Waals surface area contributed by atoms with Gasteiger partial charge in [0.15, 0.2) is 11.5 Å². The van der Waals surface area contributed by atoms with E-state index in [9.17, 15) is 19.7 Å². The molecule has 0 saturated carbocycles. The summed E-state index contributed by atoms with van der Waals surface area (Å²) in [7, 11) is 2.40. The summed E-state index contributed by atoms with van der Waals surface area (Å²) in [5, 5.41) is 10.8. The lowest BCUT2D eigenvalue weighted by Crippen LogP contribution is -2.12. The smallest absolute Gasteiger partial charge is 0.409 e. The Morgan fingerprint density at radius 3 is 2.38 bits per heavy atom. The molecule has 1 rings (SSSR count). The van der Waals surface area contributed by atoms with Crippen molar-refractivity contribution in [1.29, 1.82) is 0 Å². The second kappa shape index (κ2) is 7.04. The van der Waals surface area contributed by atoms with Crippen LogP contribution in [-0.4, -0.2) is 31.1 Å². The first-order valence-electron chi connectivity index (χ1n) is 5.70. The minimum Gasteiger partial charge on any atom is -0.493 e. The average molecular weight is 295 g/mol. The maximum atomic E-state index is 11.3. The van der Waals surface area contributed by atoms with E-state index in [2.05, 4.69) is 4.74 Å². The highest BCUT2D eigenvalue weighted by Crippen LogP contribution is 2.29. The Hall–Kier alpha value is -2.90. The zero-order valence-electron chi connectivity index (χ0n) is 11.6. The number of rotatable bonds is 5. The van der Waals surface area contributed by atoms with Crippen LogP contribution in [0.5, 0.6) is 11.5 Å². The second-order valence-electron chi connectivity index (χ2n) is 3.78. The number of hydrogen-bond donors (Lipinski definition) is 0. The minimum atomic E-state index is -1.07. The number of benzene rings is 1. The van der Waals surface area contributed by atoms with Crippen molar-refractivity contribution in [2.24, 2.45) is 0 Å². The van der Waals surface area contributed by atoms with Crippen LogP contribution in [0.2, 0.25) is 0 Å². The normalized spacial score (nSPS) is 10.7. The largest absolute Gasteiger partial charge is 0.493 e. The van der Waals surface area contributed by atoms with Gasteiger partial charge in [0.2, 0.25) is 0 Å². The van der Waals surface area contributed by atoms with Gasteiger partial charge >= 0.3 is 17.6 Å². The van der Waals surface area contributed by atoms with Crippen molar-refractivity contribution in [1.82, 2.24) is 0 Å². The highest BCUT2D eigenvalue weighted by atomic mass is 16.6. The molecule has 0 heterocycles. The maximum Gasteiger partial charge on any atom is 0.409 e. The number of ether oxygens (including phenoxy) is 3. The summed E-state index contributed by atoms with van der Waals surface area (Å²) in [5.41, 5.74) is -0.403. The summed E-state index contributed by atoms with van der Waals surface area (Å²) in [5.74, 6) is -1.23. The van der Waals surface area contributed by atoms with Crippen LogP contribution in [-0.2, 0) is 14.3 Å². The van der Waals surface area contributed by atoms with Crippen LogP contribution in [0.15, 0.2) is 23.9 Å². The third-order valence-electron chi connectivity index (χ3n) is 2.34. The van der Waals surface area contributed by atoms with Crippen molar-refractivity contribution in [3.8, 4) is 11.5 Å². The van der Waals surface area contributed by atoms with E-state index in [0.717, 1.165) is 13.2 Å². The molecule has 0 aliphatic carbocycles. The standard InChI is InChI=1S/C13H13NO7/c1-8(15)21-11-5-4-9(7-12(11)19-2)6-10(14(17)18)13(16)20-3/h4-7H,1-3H3. The van der Waals surface area contributed by atoms with Crippen LogP contribution in [0.4, 0.5) is 0 Å². The molecule has 0 bridgehead atoms. The van der Waals surface area contributed by atoms with Gasteiger partial charge in [-0.25, -0.2) is 4.79 Å². The summed E-state index contributed by atoms with van der Waals surface area (Å²) in [6.45, 7) is 1.23. The Morgan fingerprint density at radius 1 is 1.24 bits per heavy atom. The van der Waals surface area contributed by atoms with E-state index >= 15 is 0 Å². The Labute approximate surface area is 120 Å². The highest BCUT2D eigenvalue weighted by Gasteiger charge is 2.22. The molecule has 0 fully saturated rings. The van der Waals surface area contributed by atoms with Gasteiger partial charge in [-0.05, 0) is 17.7 Å². The van der Waals surface area contributed by atoms with Gasteiger partial charge in [-0.3, -0.25) is 14.9 Å². The van der Waals surface area contributed by atoms with Gasteiger partial charge in [-0.15, -0.1) is 0 Å². The van der Waals surface area contributed by atoms with Crippen molar-refractivity contribution >= 4 is 18.0 Å². The SMILES string of the molecule is COC(=O)C(=Cc1ccc(OC(C)=O)c(OC)c1)[N+](=O)[O-]. The minimum absolute atomic E-state index is 0.169. The van der Waals surface area contributed by atoms with Crippen molar-refractivity contribution in [3.05, 3.63) is 39.6 Å². The van der Waals surface area contributed by atoms with Crippen molar-refractivity contribution < 1.29 is 28.7 Å². The predicted octanol–water partition coefficient (Wildman–Crippen LogP) is 1.41. The van der Waals surface area contributed by atoms with Crippen LogP contribution in [0, 0.1) is 10.1 Å². The molecule has 8 nitrogen and oxygen atoms in total. The van der Waals surface area contributed by atoms with E-state index in [0.29, 0.717) is 5.56 Å². The summed E-state index contributed by atoms with van der Waals surface area (Å²) >= 11 is 0. The van der Waals surface area contributed by atoms with Crippen molar-refractivity contribution in [2.45, 2.75) is 6.92 Å². The first kappa shape index (κ1) is 16.2.